The van der Waals surface area contributed by atoms with E-state index in [-0.39, 0.29) is 18.1 Å². The summed E-state index contributed by atoms with van der Waals surface area (Å²) in [7, 11) is 1.26. The minimum absolute atomic E-state index is 0.117. The van der Waals surface area contributed by atoms with Gasteiger partial charge < -0.3 is 9.47 Å². The van der Waals surface area contributed by atoms with Gasteiger partial charge in [-0.15, -0.1) is 0 Å². The summed E-state index contributed by atoms with van der Waals surface area (Å²) in [6.45, 7) is -0.264. The Morgan fingerprint density at radius 3 is 3.07 bits per heavy atom. The smallest absolute Gasteiger partial charge is 0.343 e. The molecule has 1 rings (SSSR count). The highest BCUT2D eigenvalue weighted by molar-refractivity contribution is 9.10. The van der Waals surface area contributed by atoms with Crippen molar-refractivity contribution >= 4 is 21.9 Å². The second kappa shape index (κ2) is 5.32. The molecule has 0 atom stereocenters. The minimum atomic E-state index is -0.524. The number of nitriles is 1. The lowest BCUT2D eigenvalue weighted by Crippen LogP contribution is -2.13. The molecule has 0 fully saturated rings. The minimum Gasteiger partial charge on any atom is -0.466 e. The summed E-state index contributed by atoms with van der Waals surface area (Å²) in [6, 6.07) is 3.46. The first-order chi connectivity index (χ1) is 7.17. The van der Waals surface area contributed by atoms with E-state index in [1.807, 2.05) is 6.07 Å². The van der Waals surface area contributed by atoms with Crippen LogP contribution in [-0.4, -0.2) is 24.7 Å². The Bertz CT molecular complexity index is 414. The van der Waals surface area contributed by atoms with Gasteiger partial charge in [-0.05, 0) is 22.0 Å². The van der Waals surface area contributed by atoms with E-state index in [1.54, 1.807) is 6.07 Å². The van der Waals surface area contributed by atoms with Crippen LogP contribution in [0.2, 0.25) is 0 Å². The summed E-state index contributed by atoms with van der Waals surface area (Å²) >= 11 is 3.17. The highest BCUT2D eigenvalue weighted by atomic mass is 79.9. The standard InChI is InChI=1S/C9H7BrN2O3/c1-14-8(13)5-15-9-6(3-11)2-7(10)4-12-9/h2,4H,5H2,1H3. The number of hydrogen-bond acceptors (Lipinski definition) is 5. The average Bonchev–Trinajstić information content (AvgIpc) is 2.26. The molecule has 0 amide bonds. The van der Waals surface area contributed by atoms with Crippen LogP contribution in [0.15, 0.2) is 16.7 Å². The Kier molecular flexibility index (Phi) is 4.06. The molecule has 0 saturated heterocycles. The number of carbonyl (C=O) groups excluding carboxylic acids is 1. The summed E-state index contributed by atoms with van der Waals surface area (Å²) in [5, 5.41) is 8.76. The van der Waals surface area contributed by atoms with Crippen molar-refractivity contribution < 1.29 is 14.3 Å². The topological polar surface area (TPSA) is 72.2 Å². The van der Waals surface area contributed by atoms with Crippen molar-refractivity contribution in [2.75, 3.05) is 13.7 Å². The Balaban J connectivity index is 2.77. The van der Waals surface area contributed by atoms with Gasteiger partial charge in [-0.2, -0.15) is 5.26 Å². The van der Waals surface area contributed by atoms with Gasteiger partial charge in [-0.3, -0.25) is 0 Å². The Morgan fingerprint density at radius 2 is 2.47 bits per heavy atom. The molecule has 0 spiro atoms. The molecule has 0 aromatic carbocycles. The number of rotatable bonds is 3. The predicted molar refractivity (Wildman–Crippen MR) is 54.2 cm³/mol. The number of hydrogen-bond donors (Lipinski definition) is 0. The Labute approximate surface area is 94.8 Å². The molecule has 0 aliphatic rings. The molecule has 15 heavy (non-hydrogen) atoms. The molecule has 0 aliphatic heterocycles. The van der Waals surface area contributed by atoms with Gasteiger partial charge in [0.15, 0.2) is 6.61 Å². The maximum absolute atomic E-state index is 10.8. The van der Waals surface area contributed by atoms with Crippen LogP contribution in [0.1, 0.15) is 5.56 Å². The molecular weight excluding hydrogens is 264 g/mol. The third-order valence-electron chi connectivity index (χ3n) is 1.49. The highest BCUT2D eigenvalue weighted by Crippen LogP contribution is 2.18. The molecule has 0 bridgehead atoms. The molecule has 1 aromatic heterocycles. The zero-order valence-electron chi connectivity index (χ0n) is 7.86. The molecular formula is C9H7BrN2O3. The van der Waals surface area contributed by atoms with Crippen LogP contribution in [0.5, 0.6) is 5.88 Å². The van der Waals surface area contributed by atoms with Gasteiger partial charge in [0.1, 0.15) is 11.6 Å². The fourth-order valence-electron chi connectivity index (χ4n) is 0.808. The molecule has 0 aliphatic carbocycles. The van der Waals surface area contributed by atoms with E-state index in [4.69, 9.17) is 10.00 Å². The van der Waals surface area contributed by atoms with Crippen molar-refractivity contribution in [1.29, 1.82) is 5.26 Å². The summed E-state index contributed by atoms with van der Waals surface area (Å²) in [4.78, 5) is 14.6. The first-order valence-corrected chi connectivity index (χ1v) is 4.72. The Hall–Kier alpha value is -1.61. The van der Waals surface area contributed by atoms with Crippen LogP contribution >= 0.6 is 15.9 Å². The fraction of sp³-hybridized carbons (Fsp3) is 0.222. The summed E-state index contributed by atoms with van der Waals surface area (Å²) < 4.78 is 10.1. The molecule has 0 unspecified atom stereocenters. The van der Waals surface area contributed by atoms with Crippen LogP contribution in [0.3, 0.4) is 0 Å². The molecule has 0 saturated carbocycles. The van der Waals surface area contributed by atoms with Gasteiger partial charge in [0.2, 0.25) is 5.88 Å². The second-order valence-corrected chi connectivity index (χ2v) is 3.40. The number of methoxy groups -OCH3 is 1. The fourth-order valence-corrected chi connectivity index (χ4v) is 1.14. The zero-order valence-corrected chi connectivity index (χ0v) is 9.44. The van der Waals surface area contributed by atoms with E-state index < -0.39 is 5.97 Å². The first kappa shape index (κ1) is 11.5. The monoisotopic (exact) mass is 270 g/mol. The van der Waals surface area contributed by atoms with Crippen LogP contribution < -0.4 is 4.74 Å². The van der Waals surface area contributed by atoms with E-state index in [1.165, 1.54) is 13.3 Å². The third-order valence-corrected chi connectivity index (χ3v) is 1.93. The van der Waals surface area contributed by atoms with Gasteiger partial charge in [-0.1, -0.05) is 0 Å². The van der Waals surface area contributed by atoms with Crippen LogP contribution in [0, 0.1) is 11.3 Å². The zero-order chi connectivity index (χ0) is 11.3. The van der Waals surface area contributed by atoms with E-state index in [9.17, 15) is 4.79 Å². The van der Waals surface area contributed by atoms with Gasteiger partial charge in [0, 0.05) is 10.7 Å². The van der Waals surface area contributed by atoms with Gasteiger partial charge in [-0.25, -0.2) is 9.78 Å². The quantitative estimate of drug-likeness (QED) is 0.774. The molecule has 1 heterocycles. The molecule has 78 valence electrons. The number of halogens is 1. The largest absolute Gasteiger partial charge is 0.466 e. The Morgan fingerprint density at radius 1 is 1.73 bits per heavy atom. The summed E-state index contributed by atoms with van der Waals surface area (Å²) in [6.07, 6.45) is 1.48. The number of pyridine rings is 1. The van der Waals surface area contributed by atoms with Crippen molar-refractivity contribution in [3.05, 3.63) is 22.3 Å². The number of ether oxygens (including phenoxy) is 2. The van der Waals surface area contributed by atoms with E-state index >= 15 is 0 Å². The van der Waals surface area contributed by atoms with Crippen molar-refractivity contribution in [3.63, 3.8) is 0 Å². The summed E-state index contributed by atoms with van der Waals surface area (Å²) in [5.74, 6) is -0.408. The molecule has 5 nitrogen and oxygen atoms in total. The number of aromatic nitrogens is 1. The third kappa shape index (κ3) is 3.22. The SMILES string of the molecule is COC(=O)COc1ncc(Br)cc1C#N. The normalized spacial score (nSPS) is 9.13. The van der Waals surface area contributed by atoms with Crippen LogP contribution in [0.4, 0.5) is 0 Å². The average molecular weight is 271 g/mol. The van der Waals surface area contributed by atoms with Crippen molar-refractivity contribution in [3.8, 4) is 11.9 Å². The van der Waals surface area contributed by atoms with Crippen LogP contribution in [-0.2, 0) is 9.53 Å². The second-order valence-electron chi connectivity index (χ2n) is 2.48. The van der Waals surface area contributed by atoms with E-state index in [0.717, 1.165) is 0 Å². The number of carbonyl (C=O) groups is 1. The first-order valence-electron chi connectivity index (χ1n) is 3.92. The molecule has 6 heteroatoms. The maximum atomic E-state index is 10.8. The van der Waals surface area contributed by atoms with Crippen LogP contribution in [0.25, 0.3) is 0 Å². The van der Waals surface area contributed by atoms with Crippen molar-refractivity contribution in [2.45, 2.75) is 0 Å². The summed E-state index contributed by atoms with van der Waals surface area (Å²) in [5.41, 5.74) is 0.258. The molecule has 0 N–H and O–H groups in total. The van der Waals surface area contributed by atoms with Crippen molar-refractivity contribution in [1.82, 2.24) is 4.98 Å². The van der Waals surface area contributed by atoms with Crippen molar-refractivity contribution in [2.24, 2.45) is 0 Å². The van der Waals surface area contributed by atoms with E-state index in [2.05, 4.69) is 25.7 Å². The molecule has 1 aromatic rings. The van der Waals surface area contributed by atoms with Gasteiger partial charge in [0.25, 0.3) is 0 Å². The van der Waals surface area contributed by atoms with Gasteiger partial charge in [0.05, 0.1) is 7.11 Å². The molecule has 0 radical (unpaired) electrons. The highest BCUT2D eigenvalue weighted by Gasteiger charge is 2.08. The lowest BCUT2D eigenvalue weighted by molar-refractivity contribution is -0.143. The number of esters is 1. The number of nitrogens with zero attached hydrogens (tertiary/aromatic N) is 2. The lowest BCUT2D eigenvalue weighted by atomic mass is 10.3. The lowest BCUT2D eigenvalue weighted by Gasteiger charge is -2.04. The predicted octanol–water partition coefficient (Wildman–Crippen LogP) is 1.27. The van der Waals surface area contributed by atoms with Gasteiger partial charge >= 0.3 is 5.97 Å². The van der Waals surface area contributed by atoms with E-state index in [0.29, 0.717) is 4.47 Å². The maximum Gasteiger partial charge on any atom is 0.343 e.